The summed E-state index contributed by atoms with van der Waals surface area (Å²) in [6.45, 7) is 3.77. The van der Waals surface area contributed by atoms with E-state index in [9.17, 15) is 0 Å². The van der Waals surface area contributed by atoms with Gasteiger partial charge in [-0.2, -0.15) is 0 Å². The van der Waals surface area contributed by atoms with Crippen LogP contribution in [0.25, 0.3) is 11.3 Å². The van der Waals surface area contributed by atoms with E-state index in [1.54, 1.807) is 0 Å². The number of hydrogen-bond acceptors (Lipinski definition) is 4. The highest BCUT2D eigenvalue weighted by Crippen LogP contribution is 2.45. The molecule has 0 bridgehead atoms. The van der Waals surface area contributed by atoms with Crippen molar-refractivity contribution in [2.24, 2.45) is 0 Å². The molecule has 1 aromatic carbocycles. The molecule has 24 heavy (non-hydrogen) atoms. The van der Waals surface area contributed by atoms with Crippen LogP contribution in [0.5, 0.6) is 0 Å². The number of rotatable bonds is 5. The molecule has 2 aliphatic rings. The Hall–Kier alpha value is -1.36. The second-order valence-electron chi connectivity index (χ2n) is 6.94. The summed E-state index contributed by atoms with van der Waals surface area (Å²) in [5.74, 6) is 1.49. The van der Waals surface area contributed by atoms with Crippen molar-refractivity contribution >= 4 is 11.6 Å². The number of nitrogens with zero attached hydrogens (tertiary/aromatic N) is 1. The molecule has 0 radical (unpaired) electrons. The molecule has 0 spiro atoms. The van der Waals surface area contributed by atoms with Gasteiger partial charge in [-0.05, 0) is 45.2 Å². The van der Waals surface area contributed by atoms with Crippen molar-refractivity contribution in [3.8, 4) is 11.3 Å². The lowest BCUT2D eigenvalue weighted by molar-refractivity contribution is 0.0122. The van der Waals surface area contributed by atoms with E-state index < -0.39 is 0 Å². The lowest BCUT2D eigenvalue weighted by Crippen LogP contribution is -2.39. The molecule has 1 saturated carbocycles. The predicted octanol–water partition coefficient (Wildman–Crippen LogP) is 4.53. The predicted molar refractivity (Wildman–Crippen MR) is 94.2 cm³/mol. The molecule has 1 saturated heterocycles. The van der Waals surface area contributed by atoms with Crippen LogP contribution in [-0.4, -0.2) is 23.8 Å². The fraction of sp³-hybridized carbons (Fsp3) is 0.526. The Kier molecular flexibility index (Phi) is 4.61. The Bertz CT molecular complexity index is 711. The molecule has 1 aliphatic heterocycles. The SMILES string of the molecule is C[C@@H]1C[C@H](OCc2c(-c3ccccc3Cl)noc2C2CC2)CCN1. The lowest BCUT2D eigenvalue weighted by Gasteiger charge is -2.28. The third kappa shape index (κ3) is 3.37. The molecule has 0 unspecified atom stereocenters. The van der Waals surface area contributed by atoms with Gasteiger partial charge in [-0.3, -0.25) is 0 Å². The van der Waals surface area contributed by atoms with Crippen LogP contribution in [0.4, 0.5) is 0 Å². The van der Waals surface area contributed by atoms with Crippen molar-refractivity contribution in [1.29, 1.82) is 0 Å². The van der Waals surface area contributed by atoms with Crippen molar-refractivity contribution in [1.82, 2.24) is 10.5 Å². The molecule has 2 fully saturated rings. The Labute approximate surface area is 147 Å². The van der Waals surface area contributed by atoms with Gasteiger partial charge >= 0.3 is 0 Å². The molecule has 2 heterocycles. The highest BCUT2D eigenvalue weighted by atomic mass is 35.5. The molecule has 1 aromatic heterocycles. The Morgan fingerprint density at radius 3 is 2.88 bits per heavy atom. The van der Waals surface area contributed by atoms with Crippen LogP contribution >= 0.6 is 11.6 Å². The molecule has 4 nitrogen and oxygen atoms in total. The number of ether oxygens (including phenoxy) is 1. The van der Waals surface area contributed by atoms with Gasteiger partial charge in [0.1, 0.15) is 11.5 Å². The third-order valence-electron chi connectivity index (χ3n) is 4.93. The summed E-state index contributed by atoms with van der Waals surface area (Å²) in [5, 5.41) is 8.50. The van der Waals surface area contributed by atoms with Crippen molar-refractivity contribution in [3.05, 3.63) is 40.6 Å². The van der Waals surface area contributed by atoms with Crippen LogP contribution in [0.1, 0.15) is 49.8 Å². The monoisotopic (exact) mass is 346 g/mol. The summed E-state index contributed by atoms with van der Waals surface area (Å²) in [4.78, 5) is 0. The Morgan fingerprint density at radius 1 is 1.29 bits per heavy atom. The topological polar surface area (TPSA) is 47.3 Å². The van der Waals surface area contributed by atoms with Crippen LogP contribution in [0, 0.1) is 0 Å². The molecule has 0 amide bonds. The van der Waals surface area contributed by atoms with Crippen LogP contribution < -0.4 is 5.32 Å². The van der Waals surface area contributed by atoms with E-state index in [0.717, 1.165) is 42.0 Å². The first-order valence-electron chi connectivity index (χ1n) is 8.80. The molecule has 128 valence electrons. The summed E-state index contributed by atoms with van der Waals surface area (Å²) in [5.41, 5.74) is 2.84. The molecular formula is C19H23ClN2O2. The van der Waals surface area contributed by atoms with Crippen molar-refractivity contribution in [3.63, 3.8) is 0 Å². The van der Waals surface area contributed by atoms with E-state index in [4.69, 9.17) is 20.9 Å². The minimum absolute atomic E-state index is 0.294. The average molecular weight is 347 g/mol. The van der Waals surface area contributed by atoms with Crippen LogP contribution in [0.15, 0.2) is 28.8 Å². The zero-order valence-corrected chi connectivity index (χ0v) is 14.7. The first kappa shape index (κ1) is 16.1. The molecule has 4 rings (SSSR count). The first-order chi connectivity index (χ1) is 11.7. The van der Waals surface area contributed by atoms with Gasteiger partial charge in [-0.1, -0.05) is 35.0 Å². The van der Waals surface area contributed by atoms with Gasteiger partial charge in [0.15, 0.2) is 0 Å². The van der Waals surface area contributed by atoms with Gasteiger partial charge in [-0.25, -0.2) is 0 Å². The fourth-order valence-corrected chi connectivity index (χ4v) is 3.66. The second kappa shape index (κ2) is 6.87. The zero-order chi connectivity index (χ0) is 16.5. The molecule has 2 aromatic rings. The number of nitrogens with one attached hydrogen (secondary N) is 1. The van der Waals surface area contributed by atoms with E-state index in [0.29, 0.717) is 29.7 Å². The zero-order valence-electron chi connectivity index (χ0n) is 13.9. The number of aromatic nitrogens is 1. The summed E-state index contributed by atoms with van der Waals surface area (Å²) >= 11 is 6.37. The van der Waals surface area contributed by atoms with E-state index in [1.807, 2.05) is 24.3 Å². The normalized spacial score (nSPS) is 24.2. The number of halogens is 1. The molecule has 1 N–H and O–H groups in total. The molecule has 1 aliphatic carbocycles. The summed E-state index contributed by atoms with van der Waals surface area (Å²) < 4.78 is 11.9. The lowest BCUT2D eigenvalue weighted by atomic mass is 10.0. The summed E-state index contributed by atoms with van der Waals surface area (Å²) in [6, 6.07) is 8.30. The van der Waals surface area contributed by atoms with Gasteiger partial charge in [0.05, 0.1) is 17.7 Å². The van der Waals surface area contributed by atoms with E-state index >= 15 is 0 Å². The summed E-state index contributed by atoms with van der Waals surface area (Å²) in [7, 11) is 0. The average Bonchev–Trinajstić information content (AvgIpc) is 3.34. The van der Waals surface area contributed by atoms with Gasteiger partial charge in [0, 0.05) is 23.1 Å². The Morgan fingerprint density at radius 2 is 2.12 bits per heavy atom. The standard InChI is InChI=1S/C19H23ClN2O2/c1-12-10-14(8-9-21-12)23-11-16-18(15-4-2-3-5-17(15)20)22-24-19(16)13-6-7-13/h2-5,12-14,21H,6-11H2,1H3/t12-,14-/m1/s1. The van der Waals surface area contributed by atoms with Gasteiger partial charge in [0.2, 0.25) is 0 Å². The van der Waals surface area contributed by atoms with E-state index in [2.05, 4.69) is 17.4 Å². The largest absolute Gasteiger partial charge is 0.373 e. The van der Waals surface area contributed by atoms with Gasteiger partial charge in [0.25, 0.3) is 0 Å². The molecule has 2 atom stereocenters. The van der Waals surface area contributed by atoms with E-state index in [1.165, 1.54) is 12.8 Å². The second-order valence-corrected chi connectivity index (χ2v) is 7.35. The Balaban J connectivity index is 1.58. The maximum Gasteiger partial charge on any atom is 0.145 e. The van der Waals surface area contributed by atoms with E-state index in [-0.39, 0.29) is 0 Å². The smallest absolute Gasteiger partial charge is 0.145 e. The molecular weight excluding hydrogens is 324 g/mol. The highest BCUT2D eigenvalue weighted by Gasteiger charge is 2.33. The number of hydrogen-bond donors (Lipinski definition) is 1. The maximum atomic E-state index is 6.37. The van der Waals surface area contributed by atoms with Gasteiger partial charge < -0.3 is 14.6 Å². The van der Waals surface area contributed by atoms with Crippen molar-refractivity contribution < 1.29 is 9.26 Å². The maximum absolute atomic E-state index is 6.37. The summed E-state index contributed by atoms with van der Waals surface area (Å²) in [6.07, 6.45) is 4.74. The van der Waals surface area contributed by atoms with Gasteiger partial charge in [-0.15, -0.1) is 0 Å². The number of piperidine rings is 1. The fourth-order valence-electron chi connectivity index (χ4n) is 3.43. The number of benzene rings is 1. The minimum atomic E-state index is 0.294. The van der Waals surface area contributed by atoms with Crippen molar-refractivity contribution in [2.75, 3.05) is 6.54 Å². The first-order valence-corrected chi connectivity index (χ1v) is 9.18. The van der Waals surface area contributed by atoms with Crippen LogP contribution in [0.3, 0.4) is 0 Å². The van der Waals surface area contributed by atoms with Crippen LogP contribution in [0.2, 0.25) is 5.02 Å². The quantitative estimate of drug-likeness (QED) is 0.864. The minimum Gasteiger partial charge on any atom is -0.373 e. The molecule has 5 heteroatoms. The van der Waals surface area contributed by atoms with Crippen molar-refractivity contribution in [2.45, 2.75) is 57.3 Å². The van der Waals surface area contributed by atoms with Crippen LogP contribution in [-0.2, 0) is 11.3 Å². The third-order valence-corrected chi connectivity index (χ3v) is 5.26. The highest BCUT2D eigenvalue weighted by molar-refractivity contribution is 6.33.